The second-order valence-corrected chi connectivity index (χ2v) is 4.96. The van der Waals surface area contributed by atoms with Crippen molar-refractivity contribution >= 4 is 0 Å². The van der Waals surface area contributed by atoms with Gasteiger partial charge in [0, 0.05) is 12.5 Å². The van der Waals surface area contributed by atoms with Crippen LogP contribution in [-0.2, 0) is 0 Å². The topological polar surface area (TPSA) is 6.48 Å². The fraction of sp³-hybridized carbons (Fsp3) is 1.00. The lowest BCUT2D eigenvalue weighted by molar-refractivity contribution is -0.0801. The Morgan fingerprint density at radius 3 is 2.40 bits per heavy atom. The van der Waals surface area contributed by atoms with Crippen LogP contribution in [0.25, 0.3) is 0 Å². The molecule has 2 nitrogen and oxygen atoms in total. The van der Waals surface area contributed by atoms with E-state index in [1.54, 1.807) is 0 Å². The van der Waals surface area contributed by atoms with E-state index in [0.717, 1.165) is 32.5 Å². The Hall–Kier alpha value is -0.220. The summed E-state index contributed by atoms with van der Waals surface area (Å²) in [4.78, 5) is 4.29. The van der Waals surface area contributed by atoms with Crippen LogP contribution in [0.3, 0.4) is 0 Å². The highest BCUT2D eigenvalue weighted by Crippen LogP contribution is 2.29. The molecule has 88 valence electrons. The van der Waals surface area contributed by atoms with Gasteiger partial charge in [0.2, 0.25) is 0 Å². The van der Waals surface area contributed by atoms with Crippen LogP contribution in [-0.4, -0.2) is 55.0 Å². The first-order chi connectivity index (χ1) is 7.07. The Bertz CT molecular complexity index is 213. The first-order valence-corrected chi connectivity index (χ1v) is 5.87. The van der Waals surface area contributed by atoms with Crippen molar-refractivity contribution < 1.29 is 8.78 Å². The third-order valence-corrected chi connectivity index (χ3v) is 3.63. The van der Waals surface area contributed by atoms with Crippen LogP contribution < -0.4 is 0 Å². The van der Waals surface area contributed by atoms with Crippen molar-refractivity contribution in [3.8, 4) is 0 Å². The van der Waals surface area contributed by atoms with Crippen molar-refractivity contribution in [3.63, 3.8) is 0 Å². The Morgan fingerprint density at radius 1 is 1.13 bits per heavy atom. The molecule has 2 aliphatic heterocycles. The van der Waals surface area contributed by atoms with Gasteiger partial charge < -0.3 is 4.90 Å². The molecular formula is C11H20F2N2. The minimum absolute atomic E-state index is 0.0125. The van der Waals surface area contributed by atoms with Crippen LogP contribution in [0, 0.1) is 0 Å². The number of hydrogen-bond acceptors (Lipinski definition) is 2. The molecule has 0 bridgehead atoms. The van der Waals surface area contributed by atoms with Gasteiger partial charge in [-0.3, -0.25) is 4.90 Å². The lowest BCUT2D eigenvalue weighted by Gasteiger charge is -2.41. The first-order valence-electron chi connectivity index (χ1n) is 5.87. The molecule has 2 fully saturated rings. The Balaban J connectivity index is 1.88. The summed E-state index contributed by atoms with van der Waals surface area (Å²) in [6.07, 6.45) is 2.83. The smallest absolute Gasteiger partial charge is 0.260 e. The number of halogens is 2. The van der Waals surface area contributed by atoms with E-state index in [4.69, 9.17) is 0 Å². The van der Waals surface area contributed by atoms with Gasteiger partial charge >= 0.3 is 0 Å². The van der Waals surface area contributed by atoms with Gasteiger partial charge in [-0.1, -0.05) is 0 Å². The van der Waals surface area contributed by atoms with Gasteiger partial charge in [-0.15, -0.1) is 0 Å². The molecule has 4 heteroatoms. The number of piperidine rings is 2. The van der Waals surface area contributed by atoms with Gasteiger partial charge in [0.05, 0.1) is 6.54 Å². The van der Waals surface area contributed by atoms with Gasteiger partial charge in [0.25, 0.3) is 5.92 Å². The molecular weight excluding hydrogens is 198 g/mol. The number of nitrogens with zero attached hydrogens (tertiary/aromatic N) is 2. The normalized spacial score (nSPS) is 30.6. The Morgan fingerprint density at radius 2 is 1.80 bits per heavy atom. The summed E-state index contributed by atoms with van der Waals surface area (Å²) in [6, 6.07) is 0.396. The maximum Gasteiger partial charge on any atom is 0.260 e. The summed E-state index contributed by atoms with van der Waals surface area (Å²) in [6.45, 7) is 2.95. The molecule has 2 aliphatic rings. The van der Waals surface area contributed by atoms with E-state index in [9.17, 15) is 8.78 Å². The van der Waals surface area contributed by atoms with Crippen molar-refractivity contribution in [3.05, 3.63) is 0 Å². The van der Waals surface area contributed by atoms with Crippen molar-refractivity contribution in [2.75, 3.05) is 33.2 Å². The molecule has 2 rings (SSSR count). The lowest BCUT2D eigenvalue weighted by atomic mass is 9.99. The average Bonchev–Trinajstić information content (AvgIpc) is 2.17. The summed E-state index contributed by atoms with van der Waals surface area (Å²) < 4.78 is 26.5. The largest absolute Gasteiger partial charge is 0.306 e. The molecule has 0 unspecified atom stereocenters. The highest BCUT2D eigenvalue weighted by molar-refractivity contribution is 4.85. The van der Waals surface area contributed by atoms with Gasteiger partial charge in [0.15, 0.2) is 0 Å². The monoisotopic (exact) mass is 218 g/mol. The average molecular weight is 218 g/mol. The van der Waals surface area contributed by atoms with E-state index in [1.807, 2.05) is 4.90 Å². The van der Waals surface area contributed by atoms with Crippen molar-refractivity contribution in [1.82, 2.24) is 9.80 Å². The summed E-state index contributed by atoms with van der Waals surface area (Å²) in [5.41, 5.74) is 0. The fourth-order valence-corrected chi connectivity index (χ4v) is 2.67. The van der Waals surface area contributed by atoms with Gasteiger partial charge in [-0.25, -0.2) is 8.78 Å². The maximum absolute atomic E-state index is 13.2. The SMILES string of the molecule is CN1CCC(N2CCCC(F)(F)C2)CC1. The number of rotatable bonds is 1. The van der Waals surface area contributed by atoms with E-state index < -0.39 is 5.92 Å². The summed E-state index contributed by atoms with van der Waals surface area (Å²) >= 11 is 0. The maximum atomic E-state index is 13.2. The van der Waals surface area contributed by atoms with Crippen LogP contribution in [0.1, 0.15) is 25.7 Å². The Kier molecular flexibility index (Phi) is 3.26. The van der Waals surface area contributed by atoms with Gasteiger partial charge in [0.1, 0.15) is 0 Å². The zero-order chi connectivity index (χ0) is 10.9. The van der Waals surface area contributed by atoms with Gasteiger partial charge in [-0.2, -0.15) is 0 Å². The molecule has 15 heavy (non-hydrogen) atoms. The van der Waals surface area contributed by atoms with Crippen LogP contribution in [0.15, 0.2) is 0 Å². The summed E-state index contributed by atoms with van der Waals surface area (Å²) in [5, 5.41) is 0. The zero-order valence-corrected chi connectivity index (χ0v) is 9.38. The molecule has 0 N–H and O–H groups in total. The second kappa shape index (κ2) is 4.34. The third kappa shape index (κ3) is 2.88. The fourth-order valence-electron chi connectivity index (χ4n) is 2.67. The third-order valence-electron chi connectivity index (χ3n) is 3.63. The predicted molar refractivity (Wildman–Crippen MR) is 56.3 cm³/mol. The first kappa shape index (κ1) is 11.3. The molecule has 0 spiro atoms. The molecule has 2 heterocycles. The van der Waals surface area contributed by atoms with E-state index in [1.165, 1.54) is 0 Å². The van der Waals surface area contributed by atoms with Crippen molar-refractivity contribution in [2.24, 2.45) is 0 Å². The minimum Gasteiger partial charge on any atom is -0.306 e. The van der Waals surface area contributed by atoms with Crippen LogP contribution in [0.5, 0.6) is 0 Å². The number of hydrogen-bond donors (Lipinski definition) is 0. The quantitative estimate of drug-likeness (QED) is 0.662. The van der Waals surface area contributed by atoms with Crippen molar-refractivity contribution in [2.45, 2.75) is 37.6 Å². The van der Waals surface area contributed by atoms with E-state index in [0.29, 0.717) is 12.5 Å². The second-order valence-electron chi connectivity index (χ2n) is 4.96. The molecule has 0 aromatic carbocycles. The number of alkyl halides is 2. The van der Waals surface area contributed by atoms with Crippen molar-refractivity contribution in [1.29, 1.82) is 0 Å². The van der Waals surface area contributed by atoms with Crippen LogP contribution in [0.4, 0.5) is 8.78 Å². The summed E-state index contributed by atoms with van der Waals surface area (Å²) in [5.74, 6) is -2.44. The van der Waals surface area contributed by atoms with Gasteiger partial charge in [-0.05, 0) is 45.9 Å². The number of likely N-dealkylation sites (tertiary alicyclic amines) is 2. The minimum atomic E-state index is -2.44. The molecule has 0 radical (unpaired) electrons. The van der Waals surface area contributed by atoms with E-state index in [2.05, 4.69) is 11.9 Å². The molecule has 0 atom stereocenters. The summed E-state index contributed by atoms with van der Waals surface area (Å²) in [7, 11) is 2.10. The highest BCUT2D eigenvalue weighted by atomic mass is 19.3. The highest BCUT2D eigenvalue weighted by Gasteiger charge is 2.38. The predicted octanol–water partition coefficient (Wildman–Crippen LogP) is 1.81. The molecule has 0 saturated carbocycles. The Labute approximate surface area is 90.2 Å². The molecule has 0 amide bonds. The zero-order valence-electron chi connectivity index (χ0n) is 9.38. The van der Waals surface area contributed by atoms with E-state index >= 15 is 0 Å². The molecule has 0 aromatic rings. The van der Waals surface area contributed by atoms with Crippen LogP contribution in [0.2, 0.25) is 0 Å². The van der Waals surface area contributed by atoms with Crippen LogP contribution >= 0.6 is 0 Å². The molecule has 0 aromatic heterocycles. The standard InChI is InChI=1S/C11H20F2N2/c1-14-7-3-10(4-8-14)15-6-2-5-11(12,13)9-15/h10H,2-9H2,1H3. The van der Waals surface area contributed by atoms with E-state index in [-0.39, 0.29) is 13.0 Å². The molecule has 2 saturated heterocycles. The lowest BCUT2D eigenvalue weighted by Crippen LogP contribution is -2.51. The molecule has 0 aliphatic carbocycles.